The Morgan fingerprint density at radius 2 is 2.23 bits per heavy atom. The highest BCUT2D eigenvalue weighted by Gasteiger charge is 2.04. The summed E-state index contributed by atoms with van der Waals surface area (Å²) in [5.41, 5.74) is 1.94. The fraction of sp³-hybridized carbons (Fsp3) is 0.222. The molecule has 0 aliphatic rings. The summed E-state index contributed by atoms with van der Waals surface area (Å²) in [6, 6.07) is 5.71. The highest BCUT2D eigenvalue weighted by atomic mass is 79.9. The predicted octanol–water partition coefficient (Wildman–Crippen LogP) is 3.32. The number of alkyl halides is 1. The van der Waals surface area contributed by atoms with Gasteiger partial charge < -0.3 is 4.74 Å². The molecule has 0 bridgehead atoms. The highest BCUT2D eigenvalue weighted by molar-refractivity contribution is 9.10. The van der Waals surface area contributed by atoms with Gasteiger partial charge in [-0.1, -0.05) is 37.9 Å². The third kappa shape index (κ3) is 2.54. The molecule has 0 fully saturated rings. The molecule has 0 aliphatic carbocycles. The van der Waals surface area contributed by atoms with Crippen molar-refractivity contribution >= 4 is 37.8 Å². The van der Waals surface area contributed by atoms with Crippen molar-refractivity contribution in [3.8, 4) is 0 Å². The van der Waals surface area contributed by atoms with Gasteiger partial charge in [0.2, 0.25) is 5.90 Å². The number of ether oxygens (including phenoxy) is 1. The summed E-state index contributed by atoms with van der Waals surface area (Å²) in [4.78, 5) is 0. The van der Waals surface area contributed by atoms with Gasteiger partial charge in [0.05, 0.1) is 7.11 Å². The molecule has 0 atom stereocenters. The van der Waals surface area contributed by atoms with Crippen LogP contribution in [0.15, 0.2) is 22.7 Å². The smallest absolute Gasteiger partial charge is 0.212 e. The second-order valence-electron chi connectivity index (χ2n) is 2.47. The van der Waals surface area contributed by atoms with Crippen LogP contribution in [-0.4, -0.2) is 13.0 Å². The fourth-order valence-electron chi connectivity index (χ4n) is 0.915. The van der Waals surface area contributed by atoms with Crippen molar-refractivity contribution in [2.75, 3.05) is 7.11 Å². The molecule has 0 unspecified atom stereocenters. The lowest BCUT2D eigenvalue weighted by Crippen LogP contribution is -2.01. The van der Waals surface area contributed by atoms with E-state index in [9.17, 15) is 0 Å². The molecular formula is C9H9Br2NO. The van der Waals surface area contributed by atoms with Crippen LogP contribution in [0, 0.1) is 5.41 Å². The second kappa shape index (κ2) is 4.77. The molecule has 0 radical (unpaired) electrons. The molecule has 1 rings (SSSR count). The van der Waals surface area contributed by atoms with Crippen LogP contribution in [0.4, 0.5) is 0 Å². The van der Waals surface area contributed by atoms with Crippen LogP contribution in [-0.2, 0) is 10.1 Å². The van der Waals surface area contributed by atoms with Crippen LogP contribution < -0.4 is 0 Å². The fourth-order valence-corrected chi connectivity index (χ4v) is 2.30. The van der Waals surface area contributed by atoms with Crippen molar-refractivity contribution in [2.24, 2.45) is 0 Å². The molecule has 2 nitrogen and oxygen atoms in total. The number of hydrogen-bond acceptors (Lipinski definition) is 2. The number of methoxy groups -OCH3 is 1. The minimum Gasteiger partial charge on any atom is -0.481 e. The Kier molecular flexibility index (Phi) is 3.93. The molecule has 0 saturated carbocycles. The van der Waals surface area contributed by atoms with Gasteiger partial charge in [-0.05, 0) is 17.7 Å². The lowest BCUT2D eigenvalue weighted by atomic mass is 10.1. The Morgan fingerprint density at radius 3 is 2.69 bits per heavy atom. The zero-order chi connectivity index (χ0) is 9.84. The van der Waals surface area contributed by atoms with E-state index in [2.05, 4.69) is 31.9 Å². The summed E-state index contributed by atoms with van der Waals surface area (Å²) in [7, 11) is 1.49. The van der Waals surface area contributed by atoms with E-state index in [1.54, 1.807) is 0 Å². The largest absolute Gasteiger partial charge is 0.481 e. The molecule has 4 heteroatoms. The van der Waals surface area contributed by atoms with Gasteiger partial charge in [0.15, 0.2) is 0 Å². The molecule has 1 aromatic rings. The third-order valence-corrected chi connectivity index (χ3v) is 3.01. The van der Waals surface area contributed by atoms with Crippen LogP contribution in [0.5, 0.6) is 0 Å². The maximum Gasteiger partial charge on any atom is 0.212 e. The van der Waals surface area contributed by atoms with Crippen molar-refractivity contribution in [3.05, 3.63) is 33.8 Å². The van der Waals surface area contributed by atoms with Crippen LogP contribution in [0.2, 0.25) is 0 Å². The van der Waals surface area contributed by atoms with Gasteiger partial charge in [0.1, 0.15) is 0 Å². The molecule has 0 aromatic heterocycles. The molecule has 0 heterocycles. The molecule has 70 valence electrons. The molecule has 0 aliphatic heterocycles. The SMILES string of the molecule is COC(=N)c1ccc(CBr)c(Br)c1. The van der Waals surface area contributed by atoms with E-state index >= 15 is 0 Å². The van der Waals surface area contributed by atoms with Gasteiger partial charge in [0.25, 0.3) is 0 Å². The molecular weight excluding hydrogens is 298 g/mol. The van der Waals surface area contributed by atoms with E-state index in [1.165, 1.54) is 7.11 Å². The maximum atomic E-state index is 7.45. The Bertz CT molecular complexity index is 325. The van der Waals surface area contributed by atoms with Crippen LogP contribution in [0.3, 0.4) is 0 Å². The first-order valence-corrected chi connectivity index (χ1v) is 5.57. The first-order chi connectivity index (χ1) is 6.19. The maximum absolute atomic E-state index is 7.45. The zero-order valence-electron chi connectivity index (χ0n) is 7.10. The summed E-state index contributed by atoms with van der Waals surface area (Å²) >= 11 is 6.79. The van der Waals surface area contributed by atoms with E-state index < -0.39 is 0 Å². The van der Waals surface area contributed by atoms with Gasteiger partial charge in [-0.3, -0.25) is 5.41 Å². The highest BCUT2D eigenvalue weighted by Crippen LogP contribution is 2.21. The second-order valence-corrected chi connectivity index (χ2v) is 3.89. The van der Waals surface area contributed by atoms with E-state index in [4.69, 9.17) is 10.1 Å². The zero-order valence-corrected chi connectivity index (χ0v) is 10.3. The standard InChI is InChI=1S/C9H9Br2NO/c1-13-9(12)6-2-3-7(5-10)8(11)4-6/h2-4,12H,5H2,1H3. The minimum atomic E-state index is 0.182. The Balaban J connectivity index is 3.02. The summed E-state index contributed by atoms with van der Waals surface area (Å²) < 4.78 is 5.81. The van der Waals surface area contributed by atoms with Gasteiger partial charge in [-0.15, -0.1) is 0 Å². The van der Waals surface area contributed by atoms with E-state index in [0.29, 0.717) is 0 Å². The van der Waals surface area contributed by atoms with Crippen molar-refractivity contribution < 1.29 is 4.74 Å². The average Bonchev–Trinajstić information content (AvgIpc) is 2.16. The average molecular weight is 307 g/mol. The van der Waals surface area contributed by atoms with Crippen molar-refractivity contribution in [1.29, 1.82) is 5.41 Å². The van der Waals surface area contributed by atoms with Gasteiger partial charge in [-0.25, -0.2) is 0 Å². The lowest BCUT2D eigenvalue weighted by molar-refractivity contribution is 0.401. The molecule has 0 amide bonds. The number of benzene rings is 1. The Hall–Kier alpha value is -0.350. The first-order valence-electron chi connectivity index (χ1n) is 3.66. The van der Waals surface area contributed by atoms with Crippen LogP contribution in [0.1, 0.15) is 11.1 Å². The summed E-state index contributed by atoms with van der Waals surface area (Å²) in [5, 5.41) is 8.25. The molecule has 1 aromatic carbocycles. The molecule has 13 heavy (non-hydrogen) atoms. The number of hydrogen-bond donors (Lipinski definition) is 1. The summed E-state index contributed by atoms with van der Waals surface area (Å²) in [6.45, 7) is 0. The molecule has 0 spiro atoms. The third-order valence-electron chi connectivity index (χ3n) is 1.66. The number of nitrogens with one attached hydrogen (secondary N) is 1. The van der Waals surface area contributed by atoms with Crippen LogP contribution in [0.25, 0.3) is 0 Å². The van der Waals surface area contributed by atoms with E-state index in [0.717, 1.165) is 20.9 Å². The number of rotatable bonds is 2. The predicted molar refractivity (Wildman–Crippen MR) is 60.6 cm³/mol. The lowest BCUT2D eigenvalue weighted by Gasteiger charge is -2.05. The Labute approximate surface area is 94.1 Å². The minimum absolute atomic E-state index is 0.182. The molecule has 0 saturated heterocycles. The summed E-state index contributed by atoms with van der Waals surface area (Å²) in [6.07, 6.45) is 0. The quantitative estimate of drug-likeness (QED) is 0.507. The van der Waals surface area contributed by atoms with Crippen molar-refractivity contribution in [2.45, 2.75) is 5.33 Å². The van der Waals surface area contributed by atoms with E-state index in [1.807, 2.05) is 18.2 Å². The summed E-state index contributed by atoms with van der Waals surface area (Å²) in [5.74, 6) is 0.182. The number of halogens is 2. The van der Waals surface area contributed by atoms with Crippen molar-refractivity contribution in [3.63, 3.8) is 0 Å². The topological polar surface area (TPSA) is 33.1 Å². The molecule has 1 N–H and O–H groups in total. The van der Waals surface area contributed by atoms with Crippen molar-refractivity contribution in [1.82, 2.24) is 0 Å². The first kappa shape index (κ1) is 10.7. The van der Waals surface area contributed by atoms with E-state index in [-0.39, 0.29) is 5.90 Å². The monoisotopic (exact) mass is 305 g/mol. The van der Waals surface area contributed by atoms with Crippen LogP contribution >= 0.6 is 31.9 Å². The van der Waals surface area contributed by atoms with Gasteiger partial charge >= 0.3 is 0 Å². The van der Waals surface area contributed by atoms with Gasteiger partial charge in [-0.2, -0.15) is 0 Å². The van der Waals surface area contributed by atoms with Gasteiger partial charge in [0, 0.05) is 15.4 Å². The normalized spacial score (nSPS) is 9.77. The Morgan fingerprint density at radius 1 is 1.54 bits per heavy atom.